The molecule has 1 amide bonds. The average Bonchev–Trinajstić information content (AvgIpc) is 3.02. The standard InChI is InChI=1S/C23H28ClNO4/c1-3-25(4-2)23(26)19-7-5-18(6-8-19)20-11-21(24)13-22(12-20)29-16-17-14-27-9-10-28-15-17/h5-8,11-13,17H,3-4,9-10,14-16H2,1-2H3. The molecule has 2 aromatic carbocycles. The maximum Gasteiger partial charge on any atom is 0.253 e. The van der Waals surface area contributed by atoms with Gasteiger partial charge in [0.15, 0.2) is 0 Å². The second kappa shape index (κ2) is 10.6. The second-order valence-corrected chi connectivity index (χ2v) is 7.49. The first kappa shape index (κ1) is 21.6. The van der Waals surface area contributed by atoms with Crippen molar-refractivity contribution in [1.82, 2.24) is 4.90 Å². The van der Waals surface area contributed by atoms with Gasteiger partial charge in [0.25, 0.3) is 5.91 Å². The van der Waals surface area contributed by atoms with E-state index >= 15 is 0 Å². The van der Waals surface area contributed by atoms with E-state index in [9.17, 15) is 4.79 Å². The van der Waals surface area contributed by atoms with Crippen LogP contribution < -0.4 is 4.74 Å². The van der Waals surface area contributed by atoms with E-state index in [1.54, 1.807) is 4.90 Å². The highest BCUT2D eigenvalue weighted by atomic mass is 35.5. The highest BCUT2D eigenvalue weighted by molar-refractivity contribution is 6.31. The number of hydrogen-bond donors (Lipinski definition) is 0. The van der Waals surface area contributed by atoms with E-state index < -0.39 is 0 Å². The van der Waals surface area contributed by atoms with Crippen LogP contribution in [0.5, 0.6) is 5.75 Å². The van der Waals surface area contributed by atoms with E-state index in [0.29, 0.717) is 62.5 Å². The normalized spacial score (nSPS) is 15.0. The molecule has 2 aromatic rings. The number of carbonyl (C=O) groups is 1. The van der Waals surface area contributed by atoms with E-state index in [2.05, 4.69) is 0 Å². The summed E-state index contributed by atoms with van der Waals surface area (Å²) in [4.78, 5) is 14.3. The van der Waals surface area contributed by atoms with Crippen LogP contribution in [-0.4, -0.2) is 56.9 Å². The minimum atomic E-state index is 0.0458. The monoisotopic (exact) mass is 417 g/mol. The molecule has 5 nitrogen and oxygen atoms in total. The topological polar surface area (TPSA) is 48.0 Å². The fourth-order valence-corrected chi connectivity index (χ4v) is 3.51. The molecule has 156 valence electrons. The number of carbonyl (C=O) groups excluding carboxylic acids is 1. The van der Waals surface area contributed by atoms with Crippen molar-refractivity contribution in [2.45, 2.75) is 13.8 Å². The van der Waals surface area contributed by atoms with Crippen molar-refractivity contribution in [1.29, 1.82) is 0 Å². The third kappa shape index (κ3) is 5.95. The van der Waals surface area contributed by atoms with Crippen molar-refractivity contribution in [3.05, 3.63) is 53.1 Å². The molecule has 0 spiro atoms. The Morgan fingerprint density at radius 1 is 1.03 bits per heavy atom. The van der Waals surface area contributed by atoms with Gasteiger partial charge in [-0.2, -0.15) is 0 Å². The first-order valence-electron chi connectivity index (χ1n) is 10.1. The molecule has 0 atom stereocenters. The Bertz CT molecular complexity index is 797. The predicted molar refractivity (Wildman–Crippen MR) is 115 cm³/mol. The lowest BCUT2D eigenvalue weighted by molar-refractivity contribution is 0.0773. The number of nitrogens with zero attached hydrogens (tertiary/aromatic N) is 1. The van der Waals surface area contributed by atoms with Crippen molar-refractivity contribution in [2.75, 3.05) is 46.1 Å². The van der Waals surface area contributed by atoms with Crippen LogP contribution in [0, 0.1) is 5.92 Å². The number of ether oxygens (including phenoxy) is 3. The fraction of sp³-hybridized carbons (Fsp3) is 0.435. The molecule has 0 N–H and O–H groups in total. The zero-order chi connectivity index (χ0) is 20.6. The first-order chi connectivity index (χ1) is 14.1. The predicted octanol–water partition coefficient (Wildman–Crippen LogP) is 4.53. The lowest BCUT2D eigenvalue weighted by Gasteiger charge is -2.18. The Kier molecular flexibility index (Phi) is 7.92. The van der Waals surface area contributed by atoms with Gasteiger partial charge < -0.3 is 19.1 Å². The van der Waals surface area contributed by atoms with Crippen LogP contribution in [0.2, 0.25) is 5.02 Å². The Morgan fingerprint density at radius 2 is 1.69 bits per heavy atom. The fourth-order valence-electron chi connectivity index (χ4n) is 3.29. The van der Waals surface area contributed by atoms with Crippen molar-refractivity contribution < 1.29 is 19.0 Å². The quantitative estimate of drug-likeness (QED) is 0.664. The third-order valence-electron chi connectivity index (χ3n) is 4.95. The van der Waals surface area contributed by atoms with E-state index in [0.717, 1.165) is 11.1 Å². The average molecular weight is 418 g/mol. The maximum atomic E-state index is 12.5. The zero-order valence-corrected chi connectivity index (χ0v) is 17.8. The number of amides is 1. The van der Waals surface area contributed by atoms with E-state index in [1.807, 2.05) is 56.3 Å². The summed E-state index contributed by atoms with van der Waals surface area (Å²) in [6.07, 6.45) is 0. The van der Waals surface area contributed by atoms with Gasteiger partial charge in [0, 0.05) is 29.6 Å². The van der Waals surface area contributed by atoms with Crippen LogP contribution in [-0.2, 0) is 9.47 Å². The van der Waals surface area contributed by atoms with Gasteiger partial charge >= 0.3 is 0 Å². The minimum absolute atomic E-state index is 0.0458. The van der Waals surface area contributed by atoms with Crippen LogP contribution in [0.15, 0.2) is 42.5 Å². The van der Waals surface area contributed by atoms with Crippen LogP contribution in [0.25, 0.3) is 11.1 Å². The molecule has 0 saturated carbocycles. The van der Waals surface area contributed by atoms with Crippen molar-refractivity contribution in [3.8, 4) is 16.9 Å². The van der Waals surface area contributed by atoms with E-state index in [4.69, 9.17) is 25.8 Å². The molecule has 6 heteroatoms. The maximum absolute atomic E-state index is 12.5. The van der Waals surface area contributed by atoms with E-state index in [-0.39, 0.29) is 11.8 Å². The molecule has 0 bridgehead atoms. The summed E-state index contributed by atoms with van der Waals surface area (Å²) in [6, 6.07) is 13.3. The lowest BCUT2D eigenvalue weighted by Crippen LogP contribution is -2.30. The Balaban J connectivity index is 1.71. The zero-order valence-electron chi connectivity index (χ0n) is 17.0. The summed E-state index contributed by atoms with van der Waals surface area (Å²) in [5.41, 5.74) is 2.61. The molecule has 1 heterocycles. The smallest absolute Gasteiger partial charge is 0.253 e. The number of benzene rings is 2. The molecule has 0 aromatic heterocycles. The molecular weight excluding hydrogens is 390 g/mol. The summed E-state index contributed by atoms with van der Waals surface area (Å²) in [5.74, 6) is 0.954. The van der Waals surface area contributed by atoms with Crippen LogP contribution in [0.3, 0.4) is 0 Å². The number of rotatable bonds is 7. The molecular formula is C23H28ClNO4. The van der Waals surface area contributed by atoms with Gasteiger partial charge in [0.1, 0.15) is 5.75 Å². The molecule has 1 fully saturated rings. The SMILES string of the molecule is CCN(CC)C(=O)c1ccc(-c2cc(Cl)cc(OCC3COCCOC3)c2)cc1. The van der Waals surface area contributed by atoms with Gasteiger partial charge in [0.05, 0.1) is 33.0 Å². The largest absolute Gasteiger partial charge is 0.493 e. The van der Waals surface area contributed by atoms with Crippen LogP contribution >= 0.6 is 11.6 Å². The molecule has 1 aliphatic rings. The summed E-state index contributed by atoms with van der Waals surface area (Å²) < 4.78 is 17.0. The van der Waals surface area contributed by atoms with Crippen molar-refractivity contribution in [3.63, 3.8) is 0 Å². The highest BCUT2D eigenvalue weighted by Crippen LogP contribution is 2.29. The molecule has 0 radical (unpaired) electrons. The summed E-state index contributed by atoms with van der Waals surface area (Å²) in [7, 11) is 0. The van der Waals surface area contributed by atoms with Gasteiger partial charge in [0.2, 0.25) is 0 Å². The molecule has 1 saturated heterocycles. The Morgan fingerprint density at radius 3 is 2.31 bits per heavy atom. The Labute approximate surface area is 177 Å². The molecule has 0 unspecified atom stereocenters. The van der Waals surface area contributed by atoms with Crippen LogP contribution in [0.4, 0.5) is 0 Å². The third-order valence-corrected chi connectivity index (χ3v) is 5.17. The molecule has 29 heavy (non-hydrogen) atoms. The first-order valence-corrected chi connectivity index (χ1v) is 10.5. The lowest BCUT2D eigenvalue weighted by atomic mass is 10.0. The van der Waals surface area contributed by atoms with Crippen molar-refractivity contribution >= 4 is 17.5 Å². The Hall–Kier alpha value is -2.08. The van der Waals surface area contributed by atoms with Gasteiger partial charge in [-0.25, -0.2) is 0 Å². The van der Waals surface area contributed by atoms with Gasteiger partial charge in [-0.3, -0.25) is 4.79 Å². The number of hydrogen-bond acceptors (Lipinski definition) is 4. The minimum Gasteiger partial charge on any atom is -0.493 e. The molecule has 0 aliphatic carbocycles. The van der Waals surface area contributed by atoms with Gasteiger partial charge in [-0.15, -0.1) is 0 Å². The van der Waals surface area contributed by atoms with Gasteiger partial charge in [-0.1, -0.05) is 23.7 Å². The van der Waals surface area contributed by atoms with Crippen molar-refractivity contribution in [2.24, 2.45) is 5.92 Å². The summed E-state index contributed by atoms with van der Waals surface area (Å²) in [5, 5.41) is 0.606. The molecule has 3 rings (SSSR count). The van der Waals surface area contributed by atoms with E-state index in [1.165, 1.54) is 0 Å². The van der Waals surface area contributed by atoms with Gasteiger partial charge in [-0.05, 0) is 55.3 Å². The summed E-state index contributed by atoms with van der Waals surface area (Å²) >= 11 is 6.32. The molecule has 1 aliphatic heterocycles. The summed E-state index contributed by atoms with van der Waals surface area (Å²) in [6.45, 7) is 8.40. The highest BCUT2D eigenvalue weighted by Gasteiger charge is 2.15. The second-order valence-electron chi connectivity index (χ2n) is 7.06. The number of halogens is 1. The van der Waals surface area contributed by atoms with Crippen LogP contribution in [0.1, 0.15) is 24.2 Å².